The van der Waals surface area contributed by atoms with Crippen molar-refractivity contribution in [3.8, 4) is 0 Å². The molecule has 0 aliphatic rings. The third-order valence-corrected chi connectivity index (χ3v) is 2.30. The van der Waals surface area contributed by atoms with Crippen LogP contribution < -0.4 is 11.1 Å². The summed E-state index contributed by atoms with van der Waals surface area (Å²) in [7, 11) is 1.51. The molecule has 0 aliphatic carbocycles. The molecule has 2 amide bonds. The van der Waals surface area contributed by atoms with E-state index in [9.17, 15) is 9.59 Å². The van der Waals surface area contributed by atoms with Crippen molar-refractivity contribution >= 4 is 29.0 Å². The van der Waals surface area contributed by atoms with Crippen LogP contribution >= 0.6 is 12.2 Å². The predicted molar refractivity (Wildman–Crippen MR) is 69.7 cm³/mol. The van der Waals surface area contributed by atoms with Crippen LogP contribution in [0.1, 0.15) is 11.5 Å². The molecule has 0 aromatic carbocycles. The molecule has 18 heavy (non-hydrogen) atoms. The fourth-order valence-corrected chi connectivity index (χ4v) is 1.36. The maximum Gasteiger partial charge on any atom is 0.312 e. The second-order valence-electron chi connectivity index (χ2n) is 3.82. The van der Waals surface area contributed by atoms with Gasteiger partial charge in [0.25, 0.3) is 0 Å². The number of rotatable bonds is 4. The molecule has 0 saturated carbocycles. The molecule has 1 aromatic heterocycles. The summed E-state index contributed by atoms with van der Waals surface area (Å²) in [5.41, 5.74) is 5.22. The quantitative estimate of drug-likeness (QED) is 0.591. The summed E-state index contributed by atoms with van der Waals surface area (Å²) in [5.74, 6) is -0.0387. The summed E-state index contributed by atoms with van der Waals surface area (Å²) in [6, 6.07) is 3.55. The van der Waals surface area contributed by atoms with Crippen LogP contribution in [0.25, 0.3) is 0 Å². The van der Waals surface area contributed by atoms with Gasteiger partial charge in [-0.05, 0) is 19.1 Å². The van der Waals surface area contributed by atoms with Gasteiger partial charge in [-0.2, -0.15) is 0 Å². The number of likely N-dealkylation sites (N-methyl/N-ethyl adjacent to an activating group) is 1. The molecule has 0 radical (unpaired) electrons. The highest BCUT2D eigenvalue weighted by molar-refractivity contribution is 7.80. The number of amides is 2. The molecule has 6 nitrogen and oxygen atoms in total. The van der Waals surface area contributed by atoms with E-state index in [0.29, 0.717) is 5.76 Å². The third-order valence-electron chi connectivity index (χ3n) is 2.15. The van der Waals surface area contributed by atoms with Crippen LogP contribution in [0.15, 0.2) is 16.5 Å². The lowest BCUT2D eigenvalue weighted by molar-refractivity contribution is -0.145. The van der Waals surface area contributed by atoms with E-state index in [1.807, 2.05) is 0 Å². The first-order chi connectivity index (χ1) is 8.40. The van der Waals surface area contributed by atoms with E-state index in [4.69, 9.17) is 10.2 Å². The summed E-state index contributed by atoms with van der Waals surface area (Å²) in [6.07, 6.45) is 0. The van der Waals surface area contributed by atoms with Crippen LogP contribution in [0.5, 0.6) is 0 Å². The lowest BCUT2D eigenvalue weighted by Crippen LogP contribution is -2.43. The van der Waals surface area contributed by atoms with Crippen LogP contribution in [-0.4, -0.2) is 35.3 Å². The van der Waals surface area contributed by atoms with Crippen LogP contribution in [0.4, 0.5) is 0 Å². The van der Waals surface area contributed by atoms with Crippen LogP contribution in [0.3, 0.4) is 0 Å². The van der Waals surface area contributed by atoms with Gasteiger partial charge in [-0.15, -0.1) is 0 Å². The standard InChI is InChI=1S/C11H15N3O3S/c1-7-3-4-8(17-7)6-14(2)11(16)10(15)13-5-9(12)18/h3-4H,5-6H2,1-2H3,(H2,12,18)(H,13,15). The predicted octanol–water partition coefficient (Wildman–Crippen LogP) is -0.0513. The highest BCUT2D eigenvalue weighted by Crippen LogP contribution is 2.08. The van der Waals surface area contributed by atoms with Crippen molar-refractivity contribution in [1.29, 1.82) is 0 Å². The zero-order valence-electron chi connectivity index (χ0n) is 10.2. The van der Waals surface area contributed by atoms with E-state index in [0.717, 1.165) is 5.76 Å². The van der Waals surface area contributed by atoms with Gasteiger partial charge in [0.15, 0.2) is 0 Å². The van der Waals surface area contributed by atoms with Crippen molar-refractivity contribution in [2.75, 3.05) is 13.6 Å². The summed E-state index contributed by atoms with van der Waals surface area (Å²) in [4.78, 5) is 24.5. The molecule has 1 heterocycles. The van der Waals surface area contributed by atoms with Gasteiger partial charge < -0.3 is 20.4 Å². The molecule has 98 valence electrons. The van der Waals surface area contributed by atoms with E-state index >= 15 is 0 Å². The van der Waals surface area contributed by atoms with Gasteiger partial charge in [-0.3, -0.25) is 9.59 Å². The second-order valence-corrected chi connectivity index (χ2v) is 4.35. The Bertz CT molecular complexity index is 470. The fraction of sp³-hybridized carbons (Fsp3) is 0.364. The molecular weight excluding hydrogens is 254 g/mol. The molecule has 0 spiro atoms. The maximum atomic E-state index is 11.7. The SMILES string of the molecule is Cc1ccc(CN(C)C(=O)C(=O)NCC(N)=S)o1. The molecule has 1 aromatic rings. The molecule has 0 unspecified atom stereocenters. The van der Waals surface area contributed by atoms with E-state index < -0.39 is 11.8 Å². The molecule has 0 bridgehead atoms. The number of hydrogen-bond donors (Lipinski definition) is 2. The number of nitrogens with two attached hydrogens (primary N) is 1. The summed E-state index contributed by atoms with van der Waals surface area (Å²) < 4.78 is 5.32. The van der Waals surface area contributed by atoms with Gasteiger partial charge >= 0.3 is 11.8 Å². The van der Waals surface area contributed by atoms with Gasteiger partial charge in [0.1, 0.15) is 11.5 Å². The van der Waals surface area contributed by atoms with E-state index in [2.05, 4.69) is 17.5 Å². The highest BCUT2D eigenvalue weighted by atomic mass is 32.1. The number of furan rings is 1. The van der Waals surface area contributed by atoms with Crippen molar-refractivity contribution in [1.82, 2.24) is 10.2 Å². The number of carbonyl (C=O) groups excluding carboxylic acids is 2. The molecule has 0 aliphatic heterocycles. The van der Waals surface area contributed by atoms with E-state index in [1.165, 1.54) is 11.9 Å². The van der Waals surface area contributed by atoms with Crippen LogP contribution in [0.2, 0.25) is 0 Å². The number of aryl methyl sites for hydroxylation is 1. The van der Waals surface area contributed by atoms with Gasteiger partial charge in [-0.1, -0.05) is 12.2 Å². The topological polar surface area (TPSA) is 88.6 Å². The molecular formula is C11H15N3O3S. The van der Waals surface area contributed by atoms with Gasteiger partial charge in [0, 0.05) is 7.05 Å². The van der Waals surface area contributed by atoms with Gasteiger partial charge in [0.05, 0.1) is 18.1 Å². The smallest absolute Gasteiger partial charge is 0.312 e. The number of nitrogens with one attached hydrogen (secondary N) is 1. The summed E-state index contributed by atoms with van der Waals surface area (Å²) in [6.45, 7) is 2.04. The zero-order chi connectivity index (χ0) is 13.7. The van der Waals surface area contributed by atoms with Crippen molar-refractivity contribution in [3.63, 3.8) is 0 Å². The number of thiocarbonyl (C=S) groups is 1. The van der Waals surface area contributed by atoms with E-state index in [1.54, 1.807) is 19.1 Å². The van der Waals surface area contributed by atoms with Crippen molar-refractivity contribution in [2.24, 2.45) is 5.73 Å². The molecule has 7 heteroatoms. The van der Waals surface area contributed by atoms with Crippen molar-refractivity contribution in [3.05, 3.63) is 23.7 Å². The van der Waals surface area contributed by atoms with E-state index in [-0.39, 0.29) is 18.1 Å². The van der Waals surface area contributed by atoms with Gasteiger partial charge in [-0.25, -0.2) is 0 Å². The summed E-state index contributed by atoms with van der Waals surface area (Å²) in [5, 5.41) is 2.33. The zero-order valence-corrected chi connectivity index (χ0v) is 11.0. The first-order valence-corrected chi connectivity index (χ1v) is 5.68. The molecule has 1 rings (SSSR count). The Kier molecular flexibility index (Phi) is 4.85. The number of hydrogen-bond acceptors (Lipinski definition) is 4. The molecule has 0 saturated heterocycles. The van der Waals surface area contributed by atoms with Gasteiger partial charge in [0.2, 0.25) is 0 Å². The normalized spacial score (nSPS) is 9.89. The Morgan fingerprint density at radius 1 is 1.50 bits per heavy atom. The Balaban J connectivity index is 2.50. The second kappa shape index (κ2) is 6.15. The van der Waals surface area contributed by atoms with Crippen molar-refractivity contribution < 1.29 is 14.0 Å². The summed E-state index contributed by atoms with van der Waals surface area (Å²) >= 11 is 4.60. The lowest BCUT2D eigenvalue weighted by atomic mass is 10.4. The lowest BCUT2D eigenvalue weighted by Gasteiger charge is -2.14. The minimum Gasteiger partial charge on any atom is -0.464 e. The minimum absolute atomic E-state index is 0.00755. The largest absolute Gasteiger partial charge is 0.464 e. The Morgan fingerprint density at radius 2 is 2.17 bits per heavy atom. The van der Waals surface area contributed by atoms with Crippen molar-refractivity contribution in [2.45, 2.75) is 13.5 Å². The maximum absolute atomic E-state index is 11.7. The number of nitrogens with zero attached hydrogens (tertiary/aromatic N) is 1. The molecule has 0 atom stereocenters. The third kappa shape index (κ3) is 4.17. The fourth-order valence-electron chi connectivity index (χ4n) is 1.29. The Morgan fingerprint density at radius 3 is 2.67 bits per heavy atom. The average Bonchev–Trinajstić information content (AvgIpc) is 2.70. The Labute approximate surface area is 110 Å². The van der Waals surface area contributed by atoms with Crippen LogP contribution in [0, 0.1) is 6.92 Å². The first kappa shape index (κ1) is 14.2. The highest BCUT2D eigenvalue weighted by Gasteiger charge is 2.19. The number of carbonyl (C=O) groups is 2. The monoisotopic (exact) mass is 269 g/mol. The Hall–Kier alpha value is -1.89. The molecule has 3 N–H and O–H groups in total. The molecule has 0 fully saturated rings. The minimum atomic E-state index is -0.742. The average molecular weight is 269 g/mol. The first-order valence-electron chi connectivity index (χ1n) is 5.27. The van der Waals surface area contributed by atoms with Crippen LogP contribution in [-0.2, 0) is 16.1 Å².